The van der Waals surface area contributed by atoms with Crippen LogP contribution in [-0.2, 0) is 14.7 Å². The Morgan fingerprint density at radius 2 is 2.31 bits per heavy atom. The summed E-state index contributed by atoms with van der Waals surface area (Å²) >= 11 is 0. The van der Waals surface area contributed by atoms with Gasteiger partial charge >= 0.3 is 0 Å². The second-order valence-corrected chi connectivity index (χ2v) is 5.59. The Labute approximate surface area is 77.1 Å². The average molecular weight is 211 g/mol. The highest BCUT2D eigenvalue weighted by atomic mass is 32.2. The van der Waals surface area contributed by atoms with E-state index in [1.807, 2.05) is 0 Å². The largest absolute Gasteiger partial charge is 0.302 e. The number of nitrogens with two attached hydrogens (primary N) is 1. The summed E-state index contributed by atoms with van der Waals surface area (Å²) in [6.45, 7) is -0.222. The quantitative estimate of drug-likeness (QED) is 0.669. The topological polar surface area (TPSA) is 69.4 Å². The number of alkyl halides is 1. The van der Waals surface area contributed by atoms with Crippen LogP contribution in [0.25, 0.3) is 0 Å². The fourth-order valence-corrected chi connectivity index (χ4v) is 3.37. The first-order chi connectivity index (χ1) is 6.05. The second kappa shape index (κ2) is 4.34. The van der Waals surface area contributed by atoms with Crippen molar-refractivity contribution in [2.75, 3.05) is 18.1 Å². The third-order valence-electron chi connectivity index (χ3n) is 2.27. The van der Waals surface area contributed by atoms with E-state index in [0.29, 0.717) is 12.8 Å². The lowest BCUT2D eigenvalue weighted by Gasteiger charge is -2.24. The molecule has 6 heteroatoms. The van der Waals surface area contributed by atoms with Crippen LogP contribution in [0, 0.1) is 5.92 Å². The zero-order valence-corrected chi connectivity index (χ0v) is 8.10. The van der Waals surface area contributed by atoms with E-state index in [9.17, 15) is 12.8 Å². The number of hydrogen-bond acceptors (Lipinski definition) is 4. The maximum Gasteiger partial charge on any atom is 0.150 e. The van der Waals surface area contributed by atoms with Crippen molar-refractivity contribution in [1.29, 1.82) is 0 Å². The van der Waals surface area contributed by atoms with E-state index >= 15 is 0 Å². The van der Waals surface area contributed by atoms with Gasteiger partial charge in [-0.3, -0.25) is 0 Å². The number of rotatable bonds is 3. The smallest absolute Gasteiger partial charge is 0.150 e. The SMILES string of the molecule is NOCC(F)C1CCCS(=O)(=O)C1. The van der Waals surface area contributed by atoms with Crippen LogP contribution >= 0.6 is 0 Å². The van der Waals surface area contributed by atoms with Crippen molar-refractivity contribution in [3.05, 3.63) is 0 Å². The molecule has 0 aromatic rings. The molecule has 2 unspecified atom stereocenters. The summed E-state index contributed by atoms with van der Waals surface area (Å²) in [5, 5.41) is 0. The molecule has 1 saturated heterocycles. The molecule has 2 N–H and O–H groups in total. The predicted molar refractivity (Wildman–Crippen MR) is 46.4 cm³/mol. The Hall–Kier alpha value is -0.200. The molecule has 2 atom stereocenters. The molecule has 1 aliphatic heterocycles. The summed E-state index contributed by atoms with van der Waals surface area (Å²) in [5.41, 5.74) is 0. The molecule has 0 aliphatic carbocycles. The van der Waals surface area contributed by atoms with Crippen LogP contribution < -0.4 is 5.90 Å². The van der Waals surface area contributed by atoms with Crippen LogP contribution in [0.15, 0.2) is 0 Å². The monoisotopic (exact) mass is 211 g/mol. The Bertz CT molecular complexity index is 254. The molecule has 0 spiro atoms. The van der Waals surface area contributed by atoms with Gasteiger partial charge in [0, 0.05) is 5.92 Å². The van der Waals surface area contributed by atoms with Crippen LogP contribution in [-0.4, -0.2) is 32.7 Å². The molecule has 0 amide bonds. The Morgan fingerprint density at radius 3 is 2.85 bits per heavy atom. The fraction of sp³-hybridized carbons (Fsp3) is 1.00. The summed E-state index contributed by atoms with van der Waals surface area (Å²) in [7, 11) is -3.03. The van der Waals surface area contributed by atoms with E-state index in [-0.39, 0.29) is 18.1 Å². The van der Waals surface area contributed by atoms with E-state index in [1.165, 1.54) is 0 Å². The molecular weight excluding hydrogens is 197 g/mol. The van der Waals surface area contributed by atoms with Gasteiger partial charge < -0.3 is 4.84 Å². The molecule has 0 aromatic carbocycles. The van der Waals surface area contributed by atoms with Crippen molar-refractivity contribution in [3.63, 3.8) is 0 Å². The Morgan fingerprint density at radius 1 is 1.62 bits per heavy atom. The molecule has 0 saturated carbocycles. The maximum atomic E-state index is 13.2. The van der Waals surface area contributed by atoms with Crippen molar-refractivity contribution in [3.8, 4) is 0 Å². The van der Waals surface area contributed by atoms with Gasteiger partial charge in [0.15, 0.2) is 9.84 Å². The summed E-state index contributed by atoms with van der Waals surface area (Å²) < 4.78 is 35.4. The highest BCUT2D eigenvalue weighted by Crippen LogP contribution is 2.23. The van der Waals surface area contributed by atoms with Crippen molar-refractivity contribution in [2.45, 2.75) is 19.0 Å². The summed E-state index contributed by atoms with van der Waals surface area (Å²) in [6.07, 6.45) is -0.123. The Kier molecular flexibility index (Phi) is 3.63. The van der Waals surface area contributed by atoms with Crippen LogP contribution in [0.2, 0.25) is 0 Å². The maximum absolute atomic E-state index is 13.2. The average Bonchev–Trinajstić information content (AvgIpc) is 2.03. The van der Waals surface area contributed by atoms with Gasteiger partial charge in [-0.1, -0.05) is 0 Å². The van der Waals surface area contributed by atoms with Crippen molar-refractivity contribution in [1.82, 2.24) is 0 Å². The highest BCUT2D eigenvalue weighted by Gasteiger charge is 2.30. The van der Waals surface area contributed by atoms with Crippen molar-refractivity contribution < 1.29 is 17.6 Å². The normalized spacial score (nSPS) is 29.8. The number of hydrogen-bond donors (Lipinski definition) is 1. The molecule has 78 valence electrons. The molecule has 4 nitrogen and oxygen atoms in total. The van der Waals surface area contributed by atoms with Crippen LogP contribution in [0.3, 0.4) is 0 Å². The third-order valence-corrected chi connectivity index (χ3v) is 4.11. The minimum Gasteiger partial charge on any atom is -0.302 e. The molecule has 1 rings (SSSR count). The highest BCUT2D eigenvalue weighted by molar-refractivity contribution is 7.91. The van der Waals surface area contributed by atoms with Crippen LogP contribution in [0.4, 0.5) is 4.39 Å². The zero-order chi connectivity index (χ0) is 9.90. The molecule has 13 heavy (non-hydrogen) atoms. The van der Waals surface area contributed by atoms with Gasteiger partial charge in [0.2, 0.25) is 0 Å². The number of halogens is 1. The lowest BCUT2D eigenvalue weighted by molar-refractivity contribution is 0.0562. The second-order valence-electron chi connectivity index (χ2n) is 3.37. The van der Waals surface area contributed by atoms with Crippen molar-refractivity contribution in [2.24, 2.45) is 11.8 Å². The van der Waals surface area contributed by atoms with E-state index in [4.69, 9.17) is 5.90 Å². The number of sulfone groups is 1. The molecule has 1 aliphatic rings. The van der Waals surface area contributed by atoms with Gasteiger partial charge in [0.1, 0.15) is 6.17 Å². The van der Waals surface area contributed by atoms with Crippen LogP contribution in [0.1, 0.15) is 12.8 Å². The first kappa shape index (κ1) is 10.9. The minimum atomic E-state index is -3.03. The summed E-state index contributed by atoms with van der Waals surface area (Å²) in [5.74, 6) is 4.38. The molecule has 0 radical (unpaired) electrons. The van der Waals surface area contributed by atoms with E-state index in [0.717, 1.165) is 0 Å². The molecular formula is C7H14FNO3S. The summed E-state index contributed by atoms with van der Waals surface area (Å²) in [4.78, 5) is 4.16. The predicted octanol–water partition coefficient (Wildman–Crippen LogP) is 0.0396. The van der Waals surface area contributed by atoms with Gasteiger partial charge in [-0.15, -0.1) is 0 Å². The van der Waals surface area contributed by atoms with Crippen molar-refractivity contribution >= 4 is 9.84 Å². The molecule has 1 heterocycles. The van der Waals surface area contributed by atoms with Gasteiger partial charge in [0.05, 0.1) is 18.1 Å². The van der Waals surface area contributed by atoms with Gasteiger partial charge in [-0.05, 0) is 12.8 Å². The van der Waals surface area contributed by atoms with Gasteiger partial charge in [-0.25, -0.2) is 18.7 Å². The fourth-order valence-electron chi connectivity index (χ4n) is 1.57. The molecule has 1 fully saturated rings. The van der Waals surface area contributed by atoms with Crippen LogP contribution in [0.5, 0.6) is 0 Å². The lowest BCUT2D eigenvalue weighted by Crippen LogP contribution is -2.34. The molecule has 0 bridgehead atoms. The first-order valence-corrected chi connectivity index (χ1v) is 6.03. The summed E-state index contributed by atoms with van der Waals surface area (Å²) in [6, 6.07) is 0. The minimum absolute atomic E-state index is 0.0719. The van der Waals surface area contributed by atoms with E-state index in [2.05, 4.69) is 4.84 Å². The van der Waals surface area contributed by atoms with Gasteiger partial charge in [-0.2, -0.15) is 0 Å². The van der Waals surface area contributed by atoms with E-state index in [1.54, 1.807) is 0 Å². The first-order valence-electron chi connectivity index (χ1n) is 4.21. The van der Waals surface area contributed by atoms with Gasteiger partial charge in [0.25, 0.3) is 0 Å². The molecule has 0 aromatic heterocycles. The lowest BCUT2D eigenvalue weighted by atomic mass is 10.0. The standard InChI is InChI=1S/C7H14FNO3S/c8-7(4-12-9)6-2-1-3-13(10,11)5-6/h6-7H,1-5,9H2. The van der Waals surface area contributed by atoms with E-state index < -0.39 is 21.9 Å². The third kappa shape index (κ3) is 3.21. The zero-order valence-electron chi connectivity index (χ0n) is 7.28. The Balaban J connectivity index is 2.51.